The van der Waals surface area contributed by atoms with Crippen LogP contribution in [0.5, 0.6) is 5.75 Å². The number of aromatic hydroxyl groups is 1. The molecule has 0 aliphatic carbocycles. The van der Waals surface area contributed by atoms with E-state index in [-0.39, 0.29) is 11.4 Å². The van der Waals surface area contributed by atoms with Crippen LogP contribution in [0.1, 0.15) is 16.1 Å². The normalized spacial score (nSPS) is 10.2. The molecule has 1 aromatic carbocycles. The van der Waals surface area contributed by atoms with Gasteiger partial charge in [-0.2, -0.15) is 0 Å². The van der Waals surface area contributed by atoms with Gasteiger partial charge in [0.2, 0.25) is 0 Å². The van der Waals surface area contributed by atoms with E-state index in [0.29, 0.717) is 11.3 Å². The maximum Gasteiger partial charge on any atom is 0.323 e. The van der Waals surface area contributed by atoms with Crippen molar-refractivity contribution in [1.29, 1.82) is 0 Å². The molecule has 88 valence electrons. The van der Waals surface area contributed by atoms with Crippen LogP contribution in [-0.4, -0.2) is 21.0 Å². The Labute approximate surface area is 96.3 Å². The summed E-state index contributed by atoms with van der Waals surface area (Å²) in [4.78, 5) is 27.2. The van der Waals surface area contributed by atoms with Crippen molar-refractivity contribution in [2.75, 3.05) is 5.32 Å². The minimum Gasteiger partial charge on any atom is -0.508 e. The summed E-state index contributed by atoms with van der Waals surface area (Å²) in [6, 6.07) is 4.70. The molecule has 0 radical (unpaired) electrons. The van der Waals surface area contributed by atoms with Gasteiger partial charge in [-0.3, -0.25) is 4.79 Å². The van der Waals surface area contributed by atoms with Crippen molar-refractivity contribution in [2.24, 2.45) is 0 Å². The number of aromatic nitrogens is 2. The molecule has 6 nitrogen and oxygen atoms in total. The van der Waals surface area contributed by atoms with Gasteiger partial charge in [0, 0.05) is 11.9 Å². The molecule has 2 rings (SSSR count). The molecule has 1 amide bonds. The van der Waals surface area contributed by atoms with E-state index in [1.54, 1.807) is 19.1 Å². The van der Waals surface area contributed by atoms with Gasteiger partial charge < -0.3 is 20.4 Å². The van der Waals surface area contributed by atoms with Crippen molar-refractivity contribution in [3.8, 4) is 5.75 Å². The fourth-order valence-corrected chi connectivity index (χ4v) is 1.39. The first-order valence-electron chi connectivity index (χ1n) is 4.95. The fraction of sp³-hybridized carbons (Fsp3) is 0.0909. The Bertz CT molecular complexity index is 612. The molecule has 4 N–H and O–H groups in total. The molecule has 0 aliphatic rings. The summed E-state index contributed by atoms with van der Waals surface area (Å²) < 4.78 is 0. The van der Waals surface area contributed by atoms with Crippen LogP contribution in [0, 0.1) is 6.92 Å². The van der Waals surface area contributed by atoms with Crippen LogP contribution in [0.15, 0.2) is 29.2 Å². The van der Waals surface area contributed by atoms with E-state index in [9.17, 15) is 14.7 Å². The van der Waals surface area contributed by atoms with Gasteiger partial charge in [0.15, 0.2) is 0 Å². The van der Waals surface area contributed by atoms with Crippen LogP contribution in [-0.2, 0) is 0 Å². The molecule has 1 aromatic heterocycles. The van der Waals surface area contributed by atoms with Gasteiger partial charge in [0.25, 0.3) is 5.91 Å². The number of carbonyl (C=O) groups is 1. The molecule has 0 spiro atoms. The van der Waals surface area contributed by atoms with Gasteiger partial charge >= 0.3 is 5.69 Å². The van der Waals surface area contributed by atoms with Crippen LogP contribution in [0.25, 0.3) is 0 Å². The van der Waals surface area contributed by atoms with Gasteiger partial charge in [-0.1, -0.05) is 0 Å². The zero-order valence-electron chi connectivity index (χ0n) is 9.07. The Kier molecular flexibility index (Phi) is 2.70. The topological polar surface area (TPSA) is 98.0 Å². The predicted octanol–water partition coefficient (Wildman–Crippen LogP) is 0.969. The fourth-order valence-electron chi connectivity index (χ4n) is 1.39. The highest BCUT2D eigenvalue weighted by Crippen LogP contribution is 2.20. The largest absolute Gasteiger partial charge is 0.508 e. The van der Waals surface area contributed by atoms with E-state index in [1.165, 1.54) is 12.3 Å². The highest BCUT2D eigenvalue weighted by atomic mass is 16.3. The third kappa shape index (κ3) is 2.36. The number of hydrogen-bond acceptors (Lipinski definition) is 3. The number of benzene rings is 1. The summed E-state index contributed by atoms with van der Waals surface area (Å²) in [5.74, 6) is -0.258. The SMILES string of the molecule is Cc1cc(NC(=O)c2c[nH]c(=O)[nH]2)ccc1O. The Hall–Kier alpha value is -2.50. The number of aromatic amines is 2. The Morgan fingerprint density at radius 1 is 1.41 bits per heavy atom. The summed E-state index contributed by atoms with van der Waals surface area (Å²) >= 11 is 0. The second-order valence-corrected chi connectivity index (χ2v) is 3.61. The molecule has 0 atom stereocenters. The lowest BCUT2D eigenvalue weighted by molar-refractivity contribution is 0.102. The molecular formula is C11H11N3O3. The molecule has 0 saturated carbocycles. The Morgan fingerprint density at radius 3 is 2.76 bits per heavy atom. The first-order valence-corrected chi connectivity index (χ1v) is 4.95. The smallest absolute Gasteiger partial charge is 0.323 e. The summed E-state index contributed by atoms with van der Waals surface area (Å²) in [7, 11) is 0. The van der Waals surface area contributed by atoms with E-state index in [4.69, 9.17) is 0 Å². The number of rotatable bonds is 2. The number of imidazole rings is 1. The summed E-state index contributed by atoms with van der Waals surface area (Å²) in [5.41, 5.74) is 0.926. The second-order valence-electron chi connectivity index (χ2n) is 3.61. The lowest BCUT2D eigenvalue weighted by Crippen LogP contribution is -2.14. The number of phenolic OH excluding ortho intramolecular Hbond substituents is 1. The molecule has 1 heterocycles. The lowest BCUT2D eigenvalue weighted by Gasteiger charge is -2.05. The summed E-state index contributed by atoms with van der Waals surface area (Å²) in [6.07, 6.45) is 1.30. The quantitative estimate of drug-likeness (QED) is 0.582. The van der Waals surface area contributed by atoms with Crippen LogP contribution in [0.4, 0.5) is 5.69 Å². The van der Waals surface area contributed by atoms with Crippen molar-refractivity contribution in [3.63, 3.8) is 0 Å². The average Bonchev–Trinajstić information content (AvgIpc) is 2.70. The highest BCUT2D eigenvalue weighted by molar-refractivity contribution is 6.02. The number of amides is 1. The summed E-state index contributed by atoms with van der Waals surface area (Å²) in [6.45, 7) is 1.73. The third-order valence-electron chi connectivity index (χ3n) is 2.30. The van der Waals surface area contributed by atoms with Crippen LogP contribution in [0.3, 0.4) is 0 Å². The van der Waals surface area contributed by atoms with E-state index >= 15 is 0 Å². The number of aryl methyl sites for hydroxylation is 1. The van der Waals surface area contributed by atoms with Crippen molar-refractivity contribution in [2.45, 2.75) is 6.92 Å². The molecule has 0 unspecified atom stereocenters. The number of nitrogens with one attached hydrogen (secondary N) is 3. The second kappa shape index (κ2) is 4.17. The highest BCUT2D eigenvalue weighted by Gasteiger charge is 2.08. The molecule has 6 heteroatoms. The minimum absolute atomic E-state index is 0.153. The number of H-pyrrole nitrogens is 2. The summed E-state index contributed by atoms with van der Waals surface area (Å²) in [5, 5.41) is 11.9. The van der Waals surface area contributed by atoms with Gasteiger partial charge in [0.05, 0.1) is 0 Å². The molecule has 2 aromatic rings. The predicted molar refractivity (Wildman–Crippen MR) is 62.2 cm³/mol. The van der Waals surface area contributed by atoms with Crippen LogP contribution >= 0.6 is 0 Å². The number of hydrogen-bond donors (Lipinski definition) is 4. The minimum atomic E-state index is -0.433. The van der Waals surface area contributed by atoms with Gasteiger partial charge in [-0.05, 0) is 30.7 Å². The number of phenols is 1. The van der Waals surface area contributed by atoms with Crippen molar-refractivity contribution < 1.29 is 9.90 Å². The Morgan fingerprint density at radius 2 is 2.18 bits per heavy atom. The third-order valence-corrected chi connectivity index (χ3v) is 2.30. The zero-order valence-corrected chi connectivity index (χ0v) is 9.07. The number of anilines is 1. The monoisotopic (exact) mass is 233 g/mol. The van der Waals surface area contributed by atoms with Crippen molar-refractivity contribution >= 4 is 11.6 Å². The Balaban J connectivity index is 2.18. The molecule has 0 aliphatic heterocycles. The van der Waals surface area contributed by atoms with Crippen molar-refractivity contribution in [1.82, 2.24) is 9.97 Å². The maximum absolute atomic E-state index is 11.7. The molecular weight excluding hydrogens is 222 g/mol. The maximum atomic E-state index is 11.7. The van der Waals surface area contributed by atoms with Gasteiger partial charge in [-0.25, -0.2) is 4.79 Å². The lowest BCUT2D eigenvalue weighted by atomic mass is 10.2. The molecule has 0 bridgehead atoms. The molecule has 0 saturated heterocycles. The first-order chi connectivity index (χ1) is 8.06. The van der Waals surface area contributed by atoms with E-state index in [2.05, 4.69) is 15.3 Å². The number of carbonyl (C=O) groups excluding carboxylic acids is 1. The molecule has 0 fully saturated rings. The standard InChI is InChI=1S/C11H11N3O3/c1-6-4-7(2-3-9(6)15)13-10(16)8-5-12-11(17)14-8/h2-5,15H,1H3,(H,13,16)(H2,12,14,17). The average molecular weight is 233 g/mol. The molecule has 17 heavy (non-hydrogen) atoms. The van der Waals surface area contributed by atoms with E-state index < -0.39 is 11.6 Å². The van der Waals surface area contributed by atoms with E-state index in [0.717, 1.165) is 0 Å². The van der Waals surface area contributed by atoms with Gasteiger partial charge in [-0.15, -0.1) is 0 Å². The van der Waals surface area contributed by atoms with Crippen LogP contribution in [0.2, 0.25) is 0 Å². The zero-order chi connectivity index (χ0) is 12.4. The van der Waals surface area contributed by atoms with Crippen LogP contribution < -0.4 is 11.0 Å². The first kappa shape index (κ1) is 11.0. The van der Waals surface area contributed by atoms with Gasteiger partial charge in [0.1, 0.15) is 11.4 Å². The van der Waals surface area contributed by atoms with E-state index in [1.807, 2.05) is 0 Å². The van der Waals surface area contributed by atoms with Crippen molar-refractivity contribution in [3.05, 3.63) is 46.1 Å².